The van der Waals surface area contributed by atoms with E-state index < -0.39 is 11.6 Å². The third-order valence-electron chi connectivity index (χ3n) is 4.26. The average Bonchev–Trinajstić information content (AvgIpc) is 2.93. The van der Waals surface area contributed by atoms with E-state index in [0.29, 0.717) is 6.54 Å². The van der Waals surface area contributed by atoms with E-state index >= 15 is 0 Å². The maximum atomic E-state index is 12.2. The summed E-state index contributed by atoms with van der Waals surface area (Å²) in [6.07, 6.45) is 1.31. The quantitative estimate of drug-likeness (QED) is 0.911. The van der Waals surface area contributed by atoms with E-state index in [2.05, 4.69) is 11.4 Å². The summed E-state index contributed by atoms with van der Waals surface area (Å²) < 4.78 is 5.33. The Morgan fingerprint density at radius 3 is 2.64 bits per heavy atom. The topological polar surface area (TPSA) is 64.3 Å². The third kappa shape index (κ3) is 2.83. The van der Waals surface area contributed by atoms with Crippen LogP contribution in [0.25, 0.3) is 0 Å². The van der Waals surface area contributed by atoms with Gasteiger partial charge in [-0.05, 0) is 29.5 Å². The van der Waals surface area contributed by atoms with Gasteiger partial charge in [-0.2, -0.15) is 0 Å². The summed E-state index contributed by atoms with van der Waals surface area (Å²) in [5.41, 5.74) is 8.78. The summed E-state index contributed by atoms with van der Waals surface area (Å²) in [7, 11) is 0. The Labute approximate surface area is 130 Å². The molecule has 1 amide bonds. The number of alkyl carbamates (subject to hydrolysis) is 1. The molecule has 0 unspecified atom stereocenters. The lowest BCUT2D eigenvalue weighted by Gasteiger charge is -2.29. The number of hydrogen-bond acceptors (Lipinski definition) is 3. The molecule has 1 aliphatic carbocycles. The maximum Gasteiger partial charge on any atom is 0.408 e. The van der Waals surface area contributed by atoms with Crippen LogP contribution >= 0.6 is 0 Å². The summed E-state index contributed by atoms with van der Waals surface area (Å²) in [6, 6.07) is 17.7. The van der Waals surface area contributed by atoms with Crippen molar-refractivity contribution >= 4 is 6.09 Å². The van der Waals surface area contributed by atoms with Gasteiger partial charge in [0, 0.05) is 6.54 Å². The van der Waals surface area contributed by atoms with Crippen LogP contribution in [0.2, 0.25) is 0 Å². The van der Waals surface area contributed by atoms with Crippen LogP contribution in [0.4, 0.5) is 4.79 Å². The van der Waals surface area contributed by atoms with Gasteiger partial charge in [0.2, 0.25) is 0 Å². The van der Waals surface area contributed by atoms with Crippen molar-refractivity contribution in [2.24, 2.45) is 5.73 Å². The molecule has 1 atom stereocenters. The lowest BCUT2D eigenvalue weighted by Crippen LogP contribution is -2.49. The molecule has 1 aliphatic rings. The first-order valence-electron chi connectivity index (χ1n) is 7.51. The van der Waals surface area contributed by atoms with Gasteiger partial charge in [0.25, 0.3) is 0 Å². The highest BCUT2D eigenvalue weighted by Gasteiger charge is 2.39. The van der Waals surface area contributed by atoms with Crippen molar-refractivity contribution < 1.29 is 9.53 Å². The van der Waals surface area contributed by atoms with Crippen LogP contribution < -0.4 is 11.1 Å². The summed E-state index contributed by atoms with van der Waals surface area (Å²) in [6.45, 7) is 0.624. The molecule has 3 N–H and O–H groups in total. The number of nitrogens with two attached hydrogens (primary N) is 1. The first-order valence-corrected chi connectivity index (χ1v) is 7.51. The number of amides is 1. The molecule has 0 spiro atoms. The van der Waals surface area contributed by atoms with E-state index in [4.69, 9.17) is 10.5 Å². The second kappa shape index (κ2) is 6.20. The number of fused-ring (bicyclic) bond motifs is 1. The zero-order valence-corrected chi connectivity index (χ0v) is 12.4. The molecular formula is C18H20N2O2. The number of carbonyl (C=O) groups is 1. The number of nitrogens with one attached hydrogen (secondary N) is 1. The Balaban J connectivity index is 1.67. The van der Waals surface area contributed by atoms with Crippen LogP contribution in [-0.4, -0.2) is 12.6 Å². The monoisotopic (exact) mass is 296 g/mol. The molecule has 0 radical (unpaired) electrons. The Kier molecular flexibility index (Phi) is 4.11. The Bertz CT molecular complexity index is 657. The highest BCUT2D eigenvalue weighted by Crippen LogP contribution is 2.36. The van der Waals surface area contributed by atoms with Crippen molar-refractivity contribution in [2.75, 3.05) is 6.54 Å². The molecule has 0 saturated heterocycles. The van der Waals surface area contributed by atoms with Crippen LogP contribution in [0, 0.1) is 0 Å². The van der Waals surface area contributed by atoms with E-state index in [1.54, 1.807) is 0 Å². The Hall–Kier alpha value is -2.33. The van der Waals surface area contributed by atoms with Gasteiger partial charge in [-0.25, -0.2) is 4.79 Å². The van der Waals surface area contributed by atoms with Gasteiger partial charge in [-0.3, -0.25) is 0 Å². The highest BCUT2D eigenvalue weighted by atomic mass is 16.5. The van der Waals surface area contributed by atoms with Crippen molar-refractivity contribution in [3.63, 3.8) is 0 Å². The number of benzene rings is 2. The molecule has 22 heavy (non-hydrogen) atoms. The number of ether oxygens (including phenoxy) is 1. The second-order valence-corrected chi connectivity index (χ2v) is 5.63. The van der Waals surface area contributed by atoms with Crippen molar-refractivity contribution in [1.29, 1.82) is 0 Å². The molecule has 0 heterocycles. The maximum absolute atomic E-state index is 12.2. The predicted molar refractivity (Wildman–Crippen MR) is 85.3 cm³/mol. The molecule has 0 saturated carbocycles. The van der Waals surface area contributed by atoms with E-state index in [-0.39, 0.29) is 6.61 Å². The number of aryl methyl sites for hydroxylation is 1. The SMILES string of the molecule is NC[C@]1(NC(=O)OCc2ccccc2)CCc2ccccc21. The molecule has 2 aromatic carbocycles. The van der Waals surface area contributed by atoms with Crippen LogP contribution in [0.1, 0.15) is 23.1 Å². The highest BCUT2D eigenvalue weighted by molar-refractivity contribution is 5.69. The van der Waals surface area contributed by atoms with Crippen molar-refractivity contribution in [1.82, 2.24) is 5.32 Å². The van der Waals surface area contributed by atoms with Gasteiger partial charge < -0.3 is 15.8 Å². The predicted octanol–water partition coefficient (Wildman–Crippen LogP) is 2.71. The minimum Gasteiger partial charge on any atom is -0.445 e. The van der Waals surface area contributed by atoms with E-state index in [1.165, 1.54) is 5.56 Å². The minimum atomic E-state index is -0.510. The number of carbonyl (C=O) groups excluding carboxylic acids is 1. The average molecular weight is 296 g/mol. The van der Waals surface area contributed by atoms with Crippen molar-refractivity contribution in [3.8, 4) is 0 Å². The van der Waals surface area contributed by atoms with Gasteiger partial charge in [-0.1, -0.05) is 54.6 Å². The van der Waals surface area contributed by atoms with Gasteiger partial charge in [0.15, 0.2) is 0 Å². The lowest BCUT2D eigenvalue weighted by molar-refractivity contribution is 0.126. The van der Waals surface area contributed by atoms with Crippen LogP contribution in [0.5, 0.6) is 0 Å². The molecule has 2 aromatic rings. The summed E-state index contributed by atoms with van der Waals surface area (Å²) in [4.78, 5) is 12.2. The number of rotatable bonds is 4. The number of hydrogen-bond donors (Lipinski definition) is 2. The van der Waals surface area contributed by atoms with Gasteiger partial charge in [-0.15, -0.1) is 0 Å². The third-order valence-corrected chi connectivity index (χ3v) is 4.26. The minimum absolute atomic E-state index is 0.259. The normalized spacial score (nSPS) is 19.5. The van der Waals surface area contributed by atoms with Crippen LogP contribution in [0.15, 0.2) is 54.6 Å². The van der Waals surface area contributed by atoms with Gasteiger partial charge >= 0.3 is 6.09 Å². The first kappa shape index (κ1) is 14.6. The summed E-state index contributed by atoms with van der Waals surface area (Å²) >= 11 is 0. The molecule has 0 fully saturated rings. The molecule has 4 heteroatoms. The lowest BCUT2D eigenvalue weighted by atomic mass is 9.92. The standard InChI is InChI=1S/C18H20N2O2/c19-13-18(11-10-15-8-4-5-9-16(15)18)20-17(21)22-12-14-6-2-1-3-7-14/h1-9H,10-13,19H2,(H,20,21)/t18-/m1/s1. The molecular weight excluding hydrogens is 276 g/mol. The fraction of sp³-hybridized carbons (Fsp3) is 0.278. The summed E-state index contributed by atoms with van der Waals surface area (Å²) in [5.74, 6) is 0. The van der Waals surface area contributed by atoms with Gasteiger partial charge in [0.05, 0.1) is 5.54 Å². The fourth-order valence-electron chi connectivity index (χ4n) is 3.04. The van der Waals surface area contributed by atoms with E-state index in [0.717, 1.165) is 24.0 Å². The zero-order chi connectivity index (χ0) is 15.4. The zero-order valence-electron chi connectivity index (χ0n) is 12.4. The first-order chi connectivity index (χ1) is 10.7. The van der Waals surface area contributed by atoms with Crippen LogP contribution in [-0.2, 0) is 23.3 Å². The fourth-order valence-corrected chi connectivity index (χ4v) is 3.04. The van der Waals surface area contributed by atoms with Crippen molar-refractivity contribution in [3.05, 3.63) is 71.3 Å². The largest absolute Gasteiger partial charge is 0.445 e. The van der Waals surface area contributed by atoms with Gasteiger partial charge in [0.1, 0.15) is 6.61 Å². The summed E-state index contributed by atoms with van der Waals surface area (Å²) in [5, 5.41) is 2.98. The molecule has 3 rings (SSSR count). The smallest absolute Gasteiger partial charge is 0.408 e. The second-order valence-electron chi connectivity index (χ2n) is 5.63. The Morgan fingerprint density at radius 1 is 1.14 bits per heavy atom. The Morgan fingerprint density at radius 2 is 1.86 bits per heavy atom. The van der Waals surface area contributed by atoms with E-state index in [9.17, 15) is 4.79 Å². The van der Waals surface area contributed by atoms with Crippen molar-refractivity contribution in [2.45, 2.75) is 25.0 Å². The molecule has 114 valence electrons. The van der Waals surface area contributed by atoms with E-state index in [1.807, 2.05) is 48.5 Å². The van der Waals surface area contributed by atoms with Crippen LogP contribution in [0.3, 0.4) is 0 Å². The molecule has 0 aliphatic heterocycles. The molecule has 4 nitrogen and oxygen atoms in total. The molecule has 0 aromatic heterocycles. The molecule has 0 bridgehead atoms.